The number of imidazole rings is 1. The van der Waals surface area contributed by atoms with E-state index in [0.29, 0.717) is 77.1 Å². The molecule has 2 aliphatic rings. The highest BCUT2D eigenvalue weighted by atomic mass is 35.5. The lowest BCUT2D eigenvalue weighted by Gasteiger charge is -2.43. The van der Waals surface area contributed by atoms with Gasteiger partial charge in [0.25, 0.3) is 0 Å². The van der Waals surface area contributed by atoms with Crippen LogP contribution in [0.4, 0.5) is 14.6 Å². The molecule has 2 fully saturated rings. The number of nitrogens with zero attached hydrogens (tertiary/aromatic N) is 7. The Labute approximate surface area is 270 Å². The highest BCUT2D eigenvalue weighted by molar-refractivity contribution is 6.35. The van der Waals surface area contributed by atoms with Gasteiger partial charge in [-0.3, -0.25) is 4.79 Å². The monoisotopic (exact) mass is 639 g/mol. The molecule has 2 atom stereocenters. The van der Waals surface area contributed by atoms with Crippen LogP contribution in [-0.4, -0.2) is 76.1 Å². The van der Waals surface area contributed by atoms with Crippen LogP contribution in [-0.2, 0) is 4.79 Å². The van der Waals surface area contributed by atoms with Crippen LogP contribution in [0.2, 0.25) is 5.02 Å². The largest absolute Gasteiger partial charge is 0.351 e. The quantitative estimate of drug-likeness (QED) is 0.192. The van der Waals surface area contributed by atoms with Crippen molar-refractivity contribution in [1.29, 1.82) is 5.26 Å². The van der Waals surface area contributed by atoms with Crippen LogP contribution in [0.15, 0.2) is 61.4 Å². The predicted molar refractivity (Wildman–Crippen MR) is 177 cm³/mol. The number of carbonyl (C=O) groups excluding carboxylic acids is 1. The first-order chi connectivity index (χ1) is 22.2. The van der Waals surface area contributed by atoms with E-state index in [-0.39, 0.29) is 40.5 Å². The average molecular weight is 640 g/mol. The van der Waals surface area contributed by atoms with Crippen molar-refractivity contribution in [3.05, 3.63) is 78.1 Å². The molecule has 0 radical (unpaired) electrons. The van der Waals surface area contributed by atoms with Crippen molar-refractivity contribution in [3.8, 4) is 17.2 Å². The van der Waals surface area contributed by atoms with Crippen molar-refractivity contribution in [2.45, 2.75) is 37.4 Å². The molecule has 234 valence electrons. The number of nitriles is 1. The number of benzene rings is 3. The third kappa shape index (κ3) is 4.77. The Hall–Kier alpha value is -4.59. The standard InChI is InChI=1S/C35H32ClF2N7O/c1-4-29(46)44-14-12-21(15-20(44)11-13-39)45-19-40-33-34(45)26-16-27(36)30(25-9-10-28(37)24-8-6-5-7-23(24)25)31(38)32(26)41-35(33)43-17-22(18-43)42(2)3/h4-10,16,19-22H,1,11-12,14-15,17-18H2,2-3H3. The number of pyridine rings is 1. The summed E-state index contributed by atoms with van der Waals surface area (Å²) >= 11 is 6.92. The molecule has 0 saturated carbocycles. The zero-order valence-electron chi connectivity index (χ0n) is 25.6. The Morgan fingerprint density at radius 1 is 1.15 bits per heavy atom. The maximum atomic E-state index is 17.0. The lowest BCUT2D eigenvalue weighted by Crippen LogP contribution is -2.57. The number of hydrogen-bond acceptors (Lipinski definition) is 6. The summed E-state index contributed by atoms with van der Waals surface area (Å²) < 4.78 is 33.7. The SMILES string of the molecule is C=CC(=O)N1CCC(n2cnc3c(N4CC(N(C)C)C4)nc4c(F)c(-c5ccc(F)c6ccccc56)c(Cl)cc4c32)CC1CC#N. The number of likely N-dealkylation sites (tertiary alicyclic amines) is 1. The number of rotatable bonds is 6. The number of fused-ring (bicyclic) bond motifs is 4. The Bertz CT molecular complexity index is 2080. The van der Waals surface area contributed by atoms with Crippen molar-refractivity contribution in [3.63, 3.8) is 0 Å². The molecule has 3 aromatic carbocycles. The fourth-order valence-corrected chi connectivity index (χ4v) is 7.31. The summed E-state index contributed by atoms with van der Waals surface area (Å²) in [6, 6.07) is 13.7. The van der Waals surface area contributed by atoms with Crippen LogP contribution in [0.5, 0.6) is 0 Å². The normalized spacial score (nSPS) is 18.8. The third-order valence-corrected chi connectivity index (χ3v) is 9.87. The molecule has 2 aromatic heterocycles. The fourth-order valence-electron chi connectivity index (χ4n) is 7.02. The van der Waals surface area contributed by atoms with E-state index in [9.17, 15) is 14.4 Å². The summed E-state index contributed by atoms with van der Waals surface area (Å²) in [6.07, 6.45) is 4.37. The van der Waals surface area contributed by atoms with Gasteiger partial charge >= 0.3 is 0 Å². The maximum Gasteiger partial charge on any atom is 0.246 e. The molecule has 0 N–H and O–H groups in total. The zero-order chi connectivity index (χ0) is 32.3. The summed E-state index contributed by atoms with van der Waals surface area (Å²) in [5.74, 6) is -0.600. The minimum absolute atomic E-state index is 0.107. The van der Waals surface area contributed by atoms with Gasteiger partial charge in [-0.05, 0) is 56.1 Å². The van der Waals surface area contributed by atoms with Crippen molar-refractivity contribution in [2.75, 3.05) is 38.6 Å². The third-order valence-electron chi connectivity index (χ3n) is 9.57. The van der Waals surface area contributed by atoms with E-state index in [1.165, 1.54) is 12.1 Å². The van der Waals surface area contributed by atoms with Gasteiger partial charge < -0.3 is 19.3 Å². The summed E-state index contributed by atoms with van der Waals surface area (Å²) in [5.41, 5.74) is 2.14. The number of piperidine rings is 1. The van der Waals surface area contributed by atoms with Crippen molar-refractivity contribution < 1.29 is 13.6 Å². The lowest BCUT2D eigenvalue weighted by molar-refractivity contribution is -0.130. The van der Waals surface area contributed by atoms with Crippen LogP contribution in [0.3, 0.4) is 0 Å². The highest BCUT2D eigenvalue weighted by Crippen LogP contribution is 2.44. The molecule has 46 heavy (non-hydrogen) atoms. The number of hydrogen-bond donors (Lipinski definition) is 0. The topological polar surface area (TPSA) is 81.3 Å². The van der Waals surface area contributed by atoms with Crippen LogP contribution in [0.25, 0.3) is 43.8 Å². The van der Waals surface area contributed by atoms with Crippen molar-refractivity contribution in [2.24, 2.45) is 0 Å². The van der Waals surface area contributed by atoms with E-state index in [1.807, 2.05) is 18.7 Å². The molecule has 4 heterocycles. The van der Waals surface area contributed by atoms with Gasteiger partial charge in [-0.2, -0.15) is 5.26 Å². The summed E-state index contributed by atoms with van der Waals surface area (Å²) in [7, 11) is 4.06. The molecular formula is C35H32ClF2N7O. The number of amides is 1. The van der Waals surface area contributed by atoms with Gasteiger partial charge in [-0.25, -0.2) is 18.7 Å². The Kier molecular flexibility index (Phi) is 7.62. The van der Waals surface area contributed by atoms with E-state index < -0.39 is 11.6 Å². The van der Waals surface area contributed by atoms with Crippen LogP contribution < -0.4 is 4.90 Å². The molecule has 0 spiro atoms. The van der Waals surface area contributed by atoms with E-state index in [2.05, 4.69) is 22.4 Å². The van der Waals surface area contributed by atoms with E-state index in [1.54, 1.807) is 47.6 Å². The Morgan fingerprint density at radius 3 is 2.63 bits per heavy atom. The Morgan fingerprint density at radius 2 is 1.91 bits per heavy atom. The molecular weight excluding hydrogens is 608 g/mol. The molecule has 7 rings (SSSR count). The van der Waals surface area contributed by atoms with Gasteiger partial charge in [0.1, 0.15) is 16.9 Å². The van der Waals surface area contributed by atoms with Crippen molar-refractivity contribution >= 4 is 56.0 Å². The molecule has 2 unspecified atom stereocenters. The molecule has 0 aliphatic carbocycles. The van der Waals surface area contributed by atoms with Crippen LogP contribution >= 0.6 is 11.6 Å². The molecule has 11 heteroatoms. The van der Waals surface area contributed by atoms with E-state index >= 15 is 4.39 Å². The summed E-state index contributed by atoms with van der Waals surface area (Å²) in [4.78, 5) is 28.3. The van der Waals surface area contributed by atoms with Crippen molar-refractivity contribution in [1.82, 2.24) is 24.3 Å². The second-order valence-electron chi connectivity index (χ2n) is 12.3. The maximum absolute atomic E-state index is 17.0. The summed E-state index contributed by atoms with van der Waals surface area (Å²) in [6.45, 7) is 5.50. The van der Waals surface area contributed by atoms with Gasteiger partial charge in [-0.15, -0.1) is 0 Å². The Balaban J connectivity index is 1.43. The smallest absolute Gasteiger partial charge is 0.246 e. The zero-order valence-corrected chi connectivity index (χ0v) is 26.3. The minimum atomic E-state index is -0.589. The van der Waals surface area contributed by atoms with Gasteiger partial charge in [0.2, 0.25) is 5.91 Å². The second kappa shape index (κ2) is 11.6. The van der Waals surface area contributed by atoms with Gasteiger partial charge in [0.15, 0.2) is 11.6 Å². The number of likely N-dealkylation sites (N-methyl/N-ethyl adjacent to an activating group) is 1. The first-order valence-electron chi connectivity index (χ1n) is 15.3. The van der Waals surface area contributed by atoms with E-state index in [0.717, 1.165) is 0 Å². The van der Waals surface area contributed by atoms with Gasteiger partial charge in [0, 0.05) is 54.1 Å². The van der Waals surface area contributed by atoms with Gasteiger partial charge in [0.05, 0.1) is 29.4 Å². The lowest BCUT2D eigenvalue weighted by atomic mass is 9.94. The highest BCUT2D eigenvalue weighted by Gasteiger charge is 2.35. The molecule has 5 aromatic rings. The second-order valence-corrected chi connectivity index (χ2v) is 12.7. The predicted octanol–water partition coefficient (Wildman–Crippen LogP) is 6.72. The molecule has 2 saturated heterocycles. The first-order valence-corrected chi connectivity index (χ1v) is 15.7. The molecule has 2 aliphatic heterocycles. The van der Waals surface area contributed by atoms with Crippen LogP contribution in [0, 0.1) is 23.0 Å². The summed E-state index contributed by atoms with van der Waals surface area (Å²) in [5, 5.41) is 11.2. The number of carbonyl (C=O) groups is 1. The number of halogens is 3. The van der Waals surface area contributed by atoms with Gasteiger partial charge in [-0.1, -0.05) is 48.5 Å². The molecule has 0 bridgehead atoms. The molecule has 1 amide bonds. The first kappa shape index (κ1) is 30.1. The van der Waals surface area contributed by atoms with E-state index in [4.69, 9.17) is 21.6 Å². The minimum Gasteiger partial charge on any atom is -0.351 e. The molecule has 8 nitrogen and oxygen atoms in total. The number of aromatic nitrogens is 3. The number of anilines is 1. The van der Waals surface area contributed by atoms with Crippen LogP contribution in [0.1, 0.15) is 25.3 Å². The fraction of sp³-hybridized carbons (Fsp3) is 0.314. The average Bonchev–Trinajstić information content (AvgIpc) is 3.47.